The minimum absolute atomic E-state index is 0.0857. The van der Waals surface area contributed by atoms with Crippen LogP contribution in [-0.2, 0) is 55.8 Å². The van der Waals surface area contributed by atoms with Gasteiger partial charge in [-0.25, -0.2) is 9.13 Å². The Hall–Kier alpha value is -3.01. The molecule has 470 valence electrons. The standard InChI is InChI=1S/C63H112O16P2/c1-4-7-10-13-16-19-22-25-28-31-34-37-40-43-46-49-61(66)73-52-58(64)53-75-80(69,70)76-54-59(65)55-77-81(71,72)78-57-60(79-63(68)51-48-45-42-39-36-33-30-27-24-21-18-15-12-9-6-3)56-74-62(67)50-47-44-41-38-35-32-29-26-23-20-17-14-11-8-5-2/h16-21,25-30,58-60,64-65H,4-15,22-24,31-57H2,1-3H3,(H,69,70)(H,71,72)/b19-16-,20-17-,21-18-,28-25-,29-26-,30-27-/t58-,59?,60-/m1/s1. The van der Waals surface area contributed by atoms with Crippen LogP contribution in [0.25, 0.3) is 0 Å². The first kappa shape index (κ1) is 78.0. The lowest BCUT2D eigenvalue weighted by Crippen LogP contribution is -2.30. The van der Waals surface area contributed by atoms with E-state index >= 15 is 0 Å². The third-order valence-corrected chi connectivity index (χ3v) is 14.8. The Bertz CT molecular complexity index is 1780. The van der Waals surface area contributed by atoms with Crippen LogP contribution in [0.3, 0.4) is 0 Å². The molecule has 0 saturated carbocycles. The molecule has 0 aromatic carbocycles. The zero-order valence-corrected chi connectivity index (χ0v) is 52.2. The molecule has 16 nitrogen and oxygen atoms in total. The van der Waals surface area contributed by atoms with Crippen LogP contribution < -0.4 is 0 Å². The monoisotopic (exact) mass is 1190 g/mol. The number of esters is 3. The summed E-state index contributed by atoms with van der Waals surface area (Å²) in [5, 5.41) is 20.5. The molecule has 0 fully saturated rings. The minimum atomic E-state index is -4.92. The molecule has 3 unspecified atom stereocenters. The highest BCUT2D eigenvalue weighted by atomic mass is 31.2. The van der Waals surface area contributed by atoms with E-state index in [-0.39, 0.29) is 19.3 Å². The average molecular weight is 1190 g/mol. The zero-order chi connectivity index (χ0) is 59.6. The fourth-order valence-corrected chi connectivity index (χ4v) is 9.60. The predicted octanol–water partition coefficient (Wildman–Crippen LogP) is 16.4. The number of hydrogen-bond acceptors (Lipinski definition) is 14. The molecular weight excluding hydrogens is 1070 g/mol. The van der Waals surface area contributed by atoms with Gasteiger partial charge in [-0.05, 0) is 116 Å². The second-order valence-electron chi connectivity index (χ2n) is 20.8. The van der Waals surface area contributed by atoms with Crippen LogP contribution in [0.2, 0.25) is 0 Å². The predicted molar refractivity (Wildman–Crippen MR) is 325 cm³/mol. The molecule has 81 heavy (non-hydrogen) atoms. The van der Waals surface area contributed by atoms with Gasteiger partial charge in [0, 0.05) is 19.3 Å². The summed E-state index contributed by atoms with van der Waals surface area (Å²) in [5.74, 6) is -1.62. The van der Waals surface area contributed by atoms with Gasteiger partial charge in [0.25, 0.3) is 0 Å². The van der Waals surface area contributed by atoms with Crippen molar-refractivity contribution < 1.29 is 75.8 Å². The fraction of sp³-hybridized carbons (Fsp3) is 0.762. The summed E-state index contributed by atoms with van der Waals surface area (Å²) >= 11 is 0. The minimum Gasteiger partial charge on any atom is -0.463 e. The Kier molecular flexibility index (Phi) is 55.3. The molecule has 0 aliphatic rings. The normalized spacial score (nSPS) is 14.9. The molecular formula is C63H112O16P2. The number of rotatable bonds is 59. The van der Waals surface area contributed by atoms with Crippen LogP contribution in [0.4, 0.5) is 0 Å². The van der Waals surface area contributed by atoms with Crippen molar-refractivity contribution >= 4 is 33.6 Å². The third-order valence-electron chi connectivity index (χ3n) is 12.9. The van der Waals surface area contributed by atoms with Crippen molar-refractivity contribution in [1.82, 2.24) is 0 Å². The van der Waals surface area contributed by atoms with Crippen molar-refractivity contribution in [2.24, 2.45) is 0 Å². The molecule has 0 aromatic heterocycles. The van der Waals surface area contributed by atoms with E-state index in [1.807, 2.05) is 0 Å². The Balaban J connectivity index is 4.75. The molecule has 0 heterocycles. The molecule has 18 heteroatoms. The van der Waals surface area contributed by atoms with E-state index < -0.39 is 91.5 Å². The van der Waals surface area contributed by atoms with E-state index in [1.54, 1.807) is 0 Å². The van der Waals surface area contributed by atoms with Gasteiger partial charge in [-0.2, -0.15) is 0 Å². The highest BCUT2D eigenvalue weighted by molar-refractivity contribution is 7.47. The Morgan fingerprint density at radius 2 is 0.617 bits per heavy atom. The molecule has 0 rings (SSSR count). The highest BCUT2D eigenvalue weighted by Gasteiger charge is 2.29. The molecule has 0 saturated heterocycles. The number of aliphatic hydroxyl groups excluding tert-OH is 2. The number of carbonyl (C=O) groups excluding carboxylic acids is 3. The van der Waals surface area contributed by atoms with E-state index in [9.17, 15) is 43.5 Å². The summed E-state index contributed by atoms with van der Waals surface area (Å²) in [6.07, 6.45) is 56.7. The summed E-state index contributed by atoms with van der Waals surface area (Å²) in [6.45, 7) is 2.53. The molecule has 5 atom stereocenters. The summed E-state index contributed by atoms with van der Waals surface area (Å²) < 4.78 is 60.6. The average Bonchev–Trinajstić information content (AvgIpc) is 3.45. The van der Waals surface area contributed by atoms with Gasteiger partial charge in [0.1, 0.15) is 25.4 Å². The first-order chi connectivity index (χ1) is 39.2. The Morgan fingerprint density at radius 1 is 0.346 bits per heavy atom. The van der Waals surface area contributed by atoms with Gasteiger partial charge in [0.2, 0.25) is 0 Å². The maximum atomic E-state index is 12.9. The molecule has 0 radical (unpaired) electrons. The molecule has 0 spiro atoms. The second kappa shape index (κ2) is 57.4. The zero-order valence-electron chi connectivity index (χ0n) is 50.4. The summed E-state index contributed by atoms with van der Waals surface area (Å²) in [4.78, 5) is 58.1. The largest absolute Gasteiger partial charge is 0.472 e. The number of ether oxygens (including phenoxy) is 3. The first-order valence-corrected chi connectivity index (χ1v) is 34.2. The van der Waals surface area contributed by atoms with Gasteiger partial charge >= 0.3 is 33.6 Å². The van der Waals surface area contributed by atoms with Gasteiger partial charge < -0.3 is 34.2 Å². The number of carbonyl (C=O) groups is 3. The summed E-state index contributed by atoms with van der Waals surface area (Å²) in [5.41, 5.74) is 0. The van der Waals surface area contributed by atoms with Gasteiger partial charge in [-0.3, -0.25) is 32.5 Å². The first-order valence-electron chi connectivity index (χ1n) is 31.2. The quantitative estimate of drug-likeness (QED) is 0.0146. The molecule has 0 bridgehead atoms. The Labute approximate surface area is 490 Å². The van der Waals surface area contributed by atoms with E-state index in [0.717, 1.165) is 135 Å². The van der Waals surface area contributed by atoms with Crippen LogP contribution in [0.1, 0.15) is 252 Å². The van der Waals surface area contributed by atoms with Crippen molar-refractivity contribution in [2.45, 2.75) is 270 Å². The van der Waals surface area contributed by atoms with E-state index in [0.29, 0.717) is 19.3 Å². The maximum absolute atomic E-state index is 12.9. The number of unbranched alkanes of at least 4 members (excludes halogenated alkanes) is 24. The van der Waals surface area contributed by atoms with Gasteiger partial charge in [-0.15, -0.1) is 0 Å². The maximum Gasteiger partial charge on any atom is 0.472 e. The fourth-order valence-electron chi connectivity index (χ4n) is 8.01. The number of allylic oxidation sites excluding steroid dienone is 12. The molecule has 0 aliphatic heterocycles. The number of phosphoric ester groups is 2. The van der Waals surface area contributed by atoms with Crippen molar-refractivity contribution in [3.63, 3.8) is 0 Å². The van der Waals surface area contributed by atoms with E-state index in [1.165, 1.54) is 57.8 Å². The van der Waals surface area contributed by atoms with Crippen molar-refractivity contribution in [1.29, 1.82) is 0 Å². The van der Waals surface area contributed by atoms with Crippen LogP contribution >= 0.6 is 15.6 Å². The lowest BCUT2D eigenvalue weighted by molar-refractivity contribution is -0.161. The van der Waals surface area contributed by atoms with Crippen molar-refractivity contribution in [2.75, 3.05) is 39.6 Å². The molecule has 0 aliphatic carbocycles. The summed E-state index contributed by atoms with van der Waals surface area (Å²) in [6, 6.07) is 0. The number of hydrogen-bond donors (Lipinski definition) is 4. The number of phosphoric acid groups is 2. The Morgan fingerprint density at radius 3 is 0.963 bits per heavy atom. The molecule has 0 aromatic rings. The van der Waals surface area contributed by atoms with Crippen LogP contribution in [0.5, 0.6) is 0 Å². The number of aliphatic hydroxyl groups is 2. The van der Waals surface area contributed by atoms with Gasteiger partial charge in [-0.1, -0.05) is 190 Å². The topological polar surface area (TPSA) is 231 Å². The smallest absolute Gasteiger partial charge is 0.463 e. The van der Waals surface area contributed by atoms with Crippen LogP contribution in [0, 0.1) is 0 Å². The summed E-state index contributed by atoms with van der Waals surface area (Å²) in [7, 11) is -9.77. The van der Waals surface area contributed by atoms with E-state index in [2.05, 4.69) is 93.7 Å². The SMILES string of the molecule is CCCCC/C=C\C/C=C\CCCCCCCC(=O)OC[C@@H](O)COP(=O)(O)OCC(O)COP(=O)(O)OC[C@@H](COC(=O)CCCCCCC/C=C\C/C=C\CCCCC)OC(=O)CCCCCCC/C=C\C/C=C\CCCCC. The van der Waals surface area contributed by atoms with Crippen LogP contribution in [0.15, 0.2) is 72.9 Å². The van der Waals surface area contributed by atoms with Crippen molar-refractivity contribution in [3.05, 3.63) is 72.9 Å². The van der Waals surface area contributed by atoms with Crippen LogP contribution in [-0.4, -0.2) is 95.9 Å². The lowest BCUT2D eigenvalue weighted by atomic mass is 10.1. The molecule has 0 amide bonds. The highest BCUT2D eigenvalue weighted by Crippen LogP contribution is 2.45. The lowest BCUT2D eigenvalue weighted by Gasteiger charge is -2.21. The van der Waals surface area contributed by atoms with E-state index in [4.69, 9.17) is 32.3 Å². The van der Waals surface area contributed by atoms with Gasteiger partial charge in [0.15, 0.2) is 6.10 Å². The van der Waals surface area contributed by atoms with Gasteiger partial charge in [0.05, 0.1) is 26.4 Å². The third kappa shape index (κ3) is 58.6. The van der Waals surface area contributed by atoms with Crippen molar-refractivity contribution in [3.8, 4) is 0 Å². The molecule has 4 N–H and O–H groups in total. The second-order valence-corrected chi connectivity index (χ2v) is 23.8.